The Morgan fingerprint density at radius 3 is 2.73 bits per heavy atom. The molecule has 33 heavy (non-hydrogen) atoms. The van der Waals surface area contributed by atoms with Crippen molar-refractivity contribution in [3.8, 4) is 11.3 Å². The van der Waals surface area contributed by atoms with E-state index in [0.29, 0.717) is 20.9 Å². The second-order valence-electron chi connectivity index (χ2n) is 8.10. The van der Waals surface area contributed by atoms with E-state index in [9.17, 15) is 4.39 Å². The summed E-state index contributed by atoms with van der Waals surface area (Å²) in [4.78, 5) is 9.10. The number of nitrogens with zero attached hydrogens (tertiary/aromatic N) is 3. The first-order valence-corrected chi connectivity index (χ1v) is 12.1. The van der Waals surface area contributed by atoms with E-state index in [1.807, 2.05) is 30.3 Å². The van der Waals surface area contributed by atoms with Gasteiger partial charge in [0.15, 0.2) is 5.11 Å². The van der Waals surface area contributed by atoms with Crippen molar-refractivity contribution in [3.05, 3.63) is 76.5 Å². The van der Waals surface area contributed by atoms with Gasteiger partial charge in [-0.25, -0.2) is 4.39 Å². The van der Waals surface area contributed by atoms with Crippen molar-refractivity contribution in [1.29, 1.82) is 0 Å². The molecule has 2 aliphatic heterocycles. The molecule has 172 valence electrons. The quantitative estimate of drug-likeness (QED) is 0.469. The van der Waals surface area contributed by atoms with Crippen LogP contribution in [0.25, 0.3) is 11.3 Å². The van der Waals surface area contributed by atoms with Crippen LogP contribution in [0.3, 0.4) is 0 Å². The Kier molecular flexibility index (Phi) is 6.73. The molecule has 0 spiro atoms. The van der Waals surface area contributed by atoms with E-state index in [-0.39, 0.29) is 17.9 Å². The highest BCUT2D eigenvalue weighted by atomic mass is 79.9. The summed E-state index contributed by atoms with van der Waals surface area (Å²) in [5.41, 5.74) is 1.30. The molecule has 2 atom stereocenters. The number of aromatic nitrogens is 1. The summed E-state index contributed by atoms with van der Waals surface area (Å²) >= 11 is 9.04. The Bertz CT molecular complexity index is 1120. The molecular formula is C24H24BrFN4O2S. The number of halogens is 2. The van der Waals surface area contributed by atoms with Crippen LogP contribution >= 0.6 is 28.1 Å². The zero-order chi connectivity index (χ0) is 22.8. The lowest BCUT2D eigenvalue weighted by Gasteiger charge is -2.31. The van der Waals surface area contributed by atoms with E-state index >= 15 is 0 Å². The van der Waals surface area contributed by atoms with Crippen LogP contribution in [0.2, 0.25) is 0 Å². The number of nitrogens with one attached hydrogen (secondary N) is 1. The number of hydrogen-bond acceptors (Lipinski definition) is 5. The van der Waals surface area contributed by atoms with Crippen molar-refractivity contribution in [2.75, 3.05) is 39.4 Å². The first kappa shape index (κ1) is 22.5. The molecule has 2 saturated heterocycles. The fourth-order valence-corrected chi connectivity index (χ4v) is 5.04. The van der Waals surface area contributed by atoms with Crippen LogP contribution in [0, 0.1) is 5.82 Å². The molecule has 9 heteroatoms. The smallest absolute Gasteiger partial charge is 0.170 e. The minimum atomic E-state index is -0.337. The van der Waals surface area contributed by atoms with Crippen LogP contribution in [0.1, 0.15) is 23.5 Å². The highest BCUT2D eigenvalue weighted by Crippen LogP contribution is 2.40. The van der Waals surface area contributed by atoms with E-state index in [1.165, 1.54) is 6.07 Å². The van der Waals surface area contributed by atoms with Gasteiger partial charge in [0.05, 0.1) is 30.5 Å². The maximum Gasteiger partial charge on any atom is 0.170 e. The van der Waals surface area contributed by atoms with Gasteiger partial charge in [0, 0.05) is 36.8 Å². The van der Waals surface area contributed by atoms with Crippen molar-refractivity contribution in [1.82, 2.24) is 20.1 Å². The molecule has 0 saturated carbocycles. The van der Waals surface area contributed by atoms with Gasteiger partial charge >= 0.3 is 0 Å². The molecule has 4 heterocycles. The third-order valence-corrected chi connectivity index (χ3v) is 6.92. The number of ether oxygens (including phenoxy) is 1. The second kappa shape index (κ2) is 9.89. The van der Waals surface area contributed by atoms with Crippen LogP contribution in [-0.4, -0.2) is 59.3 Å². The monoisotopic (exact) mass is 530 g/mol. The van der Waals surface area contributed by atoms with Crippen molar-refractivity contribution in [3.63, 3.8) is 0 Å². The fourth-order valence-electron chi connectivity index (χ4n) is 4.38. The van der Waals surface area contributed by atoms with Gasteiger partial charge in [-0.05, 0) is 54.7 Å². The topological polar surface area (TPSA) is 53.8 Å². The highest BCUT2D eigenvalue weighted by molar-refractivity contribution is 9.10. The molecule has 0 amide bonds. The molecule has 0 bridgehead atoms. The Morgan fingerprint density at radius 2 is 1.97 bits per heavy atom. The molecular weight excluding hydrogens is 507 g/mol. The standard InChI is InChI=1S/C24H24BrFN4O2S/c25-16-4-5-17(18(26)15-16)20-6-7-21(32-20)23-22(19-3-1-2-8-27-19)28-24(33)30(23)10-9-29-11-13-31-14-12-29/h1-8,15,22-23H,9-14H2,(H,28,33)/t22-,23-/m1/s1. The lowest BCUT2D eigenvalue weighted by atomic mass is 10.0. The summed E-state index contributed by atoms with van der Waals surface area (Å²) < 4.78 is 27.0. The van der Waals surface area contributed by atoms with Gasteiger partial charge in [0.1, 0.15) is 23.4 Å². The zero-order valence-electron chi connectivity index (χ0n) is 17.9. The predicted molar refractivity (Wildman–Crippen MR) is 131 cm³/mol. The highest BCUT2D eigenvalue weighted by Gasteiger charge is 2.41. The molecule has 2 fully saturated rings. The predicted octanol–water partition coefficient (Wildman–Crippen LogP) is 4.55. The maximum absolute atomic E-state index is 14.6. The minimum Gasteiger partial charge on any atom is -0.459 e. The maximum atomic E-state index is 14.6. The van der Waals surface area contributed by atoms with E-state index in [0.717, 1.165) is 50.8 Å². The molecule has 1 aromatic carbocycles. The molecule has 0 unspecified atom stereocenters. The summed E-state index contributed by atoms with van der Waals surface area (Å²) in [6, 6.07) is 14.2. The summed E-state index contributed by atoms with van der Waals surface area (Å²) in [6.07, 6.45) is 1.78. The summed E-state index contributed by atoms with van der Waals surface area (Å²) in [6.45, 7) is 4.94. The van der Waals surface area contributed by atoms with Crippen molar-refractivity contribution in [2.24, 2.45) is 0 Å². The molecule has 2 aliphatic rings. The Labute approximate surface area is 205 Å². The molecule has 0 aliphatic carbocycles. The van der Waals surface area contributed by atoms with Crippen LogP contribution in [0.5, 0.6) is 0 Å². The van der Waals surface area contributed by atoms with Gasteiger partial charge < -0.3 is 19.4 Å². The largest absolute Gasteiger partial charge is 0.459 e. The van der Waals surface area contributed by atoms with E-state index in [2.05, 4.69) is 36.0 Å². The van der Waals surface area contributed by atoms with Crippen molar-refractivity contribution >= 4 is 33.3 Å². The van der Waals surface area contributed by atoms with Crippen LogP contribution in [0.4, 0.5) is 4.39 Å². The number of rotatable bonds is 6. The third kappa shape index (κ3) is 4.82. The number of morpholine rings is 1. The summed E-state index contributed by atoms with van der Waals surface area (Å²) in [5.74, 6) is 0.869. The Morgan fingerprint density at radius 1 is 1.12 bits per heavy atom. The van der Waals surface area contributed by atoms with Gasteiger partial charge in [0.25, 0.3) is 0 Å². The average molecular weight is 531 g/mol. The van der Waals surface area contributed by atoms with Crippen LogP contribution < -0.4 is 5.32 Å². The third-order valence-electron chi connectivity index (χ3n) is 6.07. The number of furan rings is 1. The van der Waals surface area contributed by atoms with Gasteiger partial charge in [-0.3, -0.25) is 9.88 Å². The normalized spacial score (nSPS) is 21.4. The lowest BCUT2D eigenvalue weighted by Crippen LogP contribution is -2.42. The SMILES string of the molecule is Fc1cc(Br)ccc1-c1ccc([C@@H]2[C@@H](c3ccccn3)NC(=S)N2CCN2CCOCC2)o1. The molecule has 3 aromatic rings. The summed E-state index contributed by atoms with van der Waals surface area (Å²) in [5, 5.41) is 4.10. The molecule has 1 N–H and O–H groups in total. The van der Waals surface area contributed by atoms with Gasteiger partial charge in [-0.1, -0.05) is 22.0 Å². The Hall–Kier alpha value is -2.33. The van der Waals surface area contributed by atoms with E-state index < -0.39 is 0 Å². The van der Waals surface area contributed by atoms with Crippen molar-refractivity contribution in [2.45, 2.75) is 12.1 Å². The number of benzene rings is 1. The number of hydrogen-bond donors (Lipinski definition) is 1. The molecule has 5 rings (SSSR count). The second-order valence-corrected chi connectivity index (χ2v) is 9.40. The van der Waals surface area contributed by atoms with E-state index in [1.54, 1.807) is 18.3 Å². The average Bonchev–Trinajstić information content (AvgIpc) is 3.43. The molecule has 6 nitrogen and oxygen atoms in total. The Balaban J connectivity index is 1.45. The van der Waals surface area contributed by atoms with Gasteiger partial charge in [-0.2, -0.15) is 0 Å². The van der Waals surface area contributed by atoms with Crippen LogP contribution in [0.15, 0.2) is 63.6 Å². The number of thiocarbonyl (C=S) groups is 1. The van der Waals surface area contributed by atoms with Crippen molar-refractivity contribution < 1.29 is 13.5 Å². The lowest BCUT2D eigenvalue weighted by molar-refractivity contribution is 0.0347. The van der Waals surface area contributed by atoms with E-state index in [4.69, 9.17) is 21.4 Å². The zero-order valence-corrected chi connectivity index (χ0v) is 20.3. The first-order valence-electron chi connectivity index (χ1n) is 10.9. The van der Waals surface area contributed by atoms with Crippen LogP contribution in [-0.2, 0) is 4.74 Å². The first-order chi connectivity index (χ1) is 16.1. The minimum absolute atomic E-state index is 0.169. The molecule has 0 radical (unpaired) electrons. The molecule has 2 aromatic heterocycles. The summed E-state index contributed by atoms with van der Waals surface area (Å²) in [7, 11) is 0. The number of pyridine rings is 1. The fraction of sp³-hybridized carbons (Fsp3) is 0.333. The van der Waals surface area contributed by atoms with Gasteiger partial charge in [0.2, 0.25) is 0 Å². The van der Waals surface area contributed by atoms with Gasteiger partial charge in [-0.15, -0.1) is 0 Å².